The second kappa shape index (κ2) is 28.4. The number of benzene rings is 4. The molecule has 4 aliphatic rings. The molecule has 14 N–H and O–H groups in total. The molecule has 0 saturated carbocycles. The van der Waals surface area contributed by atoms with Crippen molar-refractivity contribution >= 4 is 59.1 Å². The van der Waals surface area contributed by atoms with Crippen LogP contribution in [0.2, 0.25) is 0 Å². The van der Waals surface area contributed by atoms with E-state index in [9.17, 15) is 0 Å². The van der Waals surface area contributed by atoms with Gasteiger partial charge in [-0.1, -0.05) is 72.8 Å². The van der Waals surface area contributed by atoms with Crippen molar-refractivity contribution in [3.63, 3.8) is 0 Å². The van der Waals surface area contributed by atoms with E-state index in [4.69, 9.17) is 15.0 Å². The molecule has 14 nitrogen and oxygen atoms in total. The number of carbonyl (C=O) groups is 1. The van der Waals surface area contributed by atoms with Gasteiger partial charge >= 0.3 is 17.1 Å². The average molecular weight is 875 g/mol. The Morgan fingerprint density at radius 2 is 0.519 bits per heavy atom. The zero-order chi connectivity index (χ0) is 31.7. The topological polar surface area (TPSA) is 297 Å². The molecular weight excluding hydrogens is 816 g/mol. The summed E-state index contributed by atoms with van der Waals surface area (Å²) in [7, 11) is -1.68. The van der Waals surface area contributed by atoms with E-state index in [0.29, 0.717) is 0 Å². The minimum atomic E-state index is -2.33. The fourth-order valence-corrected chi connectivity index (χ4v) is 18.4. The Bertz CT molecular complexity index is 1290. The number of fused-ring (bicyclic) bond motifs is 4. The maximum atomic E-state index is 8.33. The van der Waals surface area contributed by atoms with Gasteiger partial charge in [0.25, 0.3) is 0 Å². The Labute approximate surface area is 332 Å². The molecule has 4 aliphatic heterocycles. The molecule has 0 unspecified atom stereocenters. The molecule has 302 valence electrons. The molecular formula is C35H58FeN4O10P4+4. The van der Waals surface area contributed by atoms with Gasteiger partial charge in [-0.3, -0.25) is 0 Å². The summed E-state index contributed by atoms with van der Waals surface area (Å²) < 4.78 is 0. The minimum Gasteiger partial charge on any atom is -0.652 e. The standard InChI is InChI=1S/2C17H20N2P2.CH2O3.Fe.7H2O/c2*1-3-7-16(8-4-1)20-12-18-11-19(13-20)15-21(14-18)17-9-5-2-6-10-17;2-1(3)4;;;;;;;;/h2*1-10H,11-15H2;(H2,2,3,4);;7*1H2/q;;;+2;;;;;;;/p+2. The molecule has 54 heavy (non-hydrogen) atoms. The minimum absolute atomic E-state index is 0. The first-order valence-electron chi connectivity index (χ1n) is 15.9. The van der Waals surface area contributed by atoms with Crippen molar-refractivity contribution in [2.75, 3.05) is 63.6 Å². The van der Waals surface area contributed by atoms with Crippen molar-refractivity contribution in [3.05, 3.63) is 121 Å². The third-order valence-electron chi connectivity index (χ3n) is 8.84. The van der Waals surface area contributed by atoms with E-state index in [1.807, 2.05) is 0 Å². The van der Waals surface area contributed by atoms with Gasteiger partial charge in [0, 0.05) is 0 Å². The smallest absolute Gasteiger partial charge is 0.652 e. The van der Waals surface area contributed by atoms with E-state index in [-0.39, 0.29) is 55.4 Å². The number of rotatable bonds is 4. The number of nitrogens with zero attached hydrogens (tertiary/aromatic N) is 4. The van der Waals surface area contributed by atoms with E-state index in [1.54, 1.807) is 21.2 Å². The van der Waals surface area contributed by atoms with Crippen LogP contribution in [0.15, 0.2) is 121 Å². The van der Waals surface area contributed by atoms with Crippen LogP contribution in [0.3, 0.4) is 0 Å². The maximum Gasteiger partial charge on any atom is 2.00 e. The van der Waals surface area contributed by atoms with Gasteiger partial charge in [-0.05, 0) is 54.7 Å². The quantitative estimate of drug-likeness (QED) is 0.149. The van der Waals surface area contributed by atoms with Crippen molar-refractivity contribution in [3.8, 4) is 0 Å². The van der Waals surface area contributed by atoms with Crippen molar-refractivity contribution < 1.29 is 70.4 Å². The summed E-state index contributed by atoms with van der Waals surface area (Å²) in [5.41, 5.74) is 0. The molecule has 0 spiro atoms. The molecule has 4 bridgehead atoms. The molecule has 4 saturated heterocycles. The van der Waals surface area contributed by atoms with Gasteiger partial charge in [0.05, 0.1) is 66.2 Å². The molecule has 4 heterocycles. The van der Waals surface area contributed by atoms with Crippen LogP contribution in [0.5, 0.6) is 0 Å². The van der Waals surface area contributed by atoms with E-state index < -0.39 is 37.8 Å². The van der Waals surface area contributed by atoms with Gasteiger partial charge in [-0.25, -0.2) is 19.6 Å². The molecule has 0 atom stereocenters. The zero-order valence-electron chi connectivity index (χ0n) is 30.0. The van der Waals surface area contributed by atoms with Crippen molar-refractivity contribution in [1.82, 2.24) is 19.6 Å². The molecule has 0 radical (unpaired) electrons. The second-order valence-corrected chi connectivity index (χ2v) is 22.0. The van der Waals surface area contributed by atoms with Crippen LogP contribution in [0, 0.1) is 0 Å². The summed E-state index contributed by atoms with van der Waals surface area (Å²) in [6.45, 7) is 2.39. The Balaban J connectivity index is -0.000000772. The van der Waals surface area contributed by atoms with Gasteiger partial charge in [-0.15, -0.1) is 0 Å². The van der Waals surface area contributed by atoms with Gasteiger partial charge < -0.3 is 53.3 Å². The summed E-state index contributed by atoms with van der Waals surface area (Å²) in [6, 6.07) is 44.8. The number of carboxylic acid groups (broad SMARTS) is 2. The maximum absolute atomic E-state index is 8.33. The fourth-order valence-electron chi connectivity index (χ4n) is 6.97. The van der Waals surface area contributed by atoms with E-state index >= 15 is 0 Å². The number of hydrogen-bond acceptors (Lipinski definition) is 7. The second-order valence-electron chi connectivity index (χ2n) is 12.4. The molecule has 8 rings (SSSR count). The SMILES string of the molecule is O.O.O.O.O.O.O.O=C([O-])[O-].[Fe+2].c1ccc([PH+]2CN3CN(C2)C[PH+](c2ccccc2)C3)cc1.c1ccc([PH+]2CN3CN(C2)C[PH+](c2ccccc2)C3)cc1. The van der Waals surface area contributed by atoms with E-state index in [2.05, 4.69) is 141 Å². The van der Waals surface area contributed by atoms with E-state index in [0.717, 1.165) is 0 Å². The largest absolute Gasteiger partial charge is 2.00 e. The first-order valence-corrected chi connectivity index (χ1v) is 23.5. The summed E-state index contributed by atoms with van der Waals surface area (Å²) in [4.78, 5) is 19.2. The molecule has 0 amide bonds. The summed E-state index contributed by atoms with van der Waals surface area (Å²) in [6.07, 6.45) is 8.27. The Morgan fingerprint density at radius 1 is 0.370 bits per heavy atom. The van der Waals surface area contributed by atoms with Gasteiger partial charge in [0.2, 0.25) is 0 Å². The number of hydrogen-bond donors (Lipinski definition) is 0. The van der Waals surface area contributed by atoms with Crippen LogP contribution in [-0.4, -0.2) is 128 Å². The Hall–Kier alpha value is -2.05. The van der Waals surface area contributed by atoms with Crippen LogP contribution in [0.1, 0.15) is 0 Å². The molecule has 4 fully saturated rings. The fraction of sp³-hybridized carbons (Fsp3) is 0.286. The van der Waals surface area contributed by atoms with Gasteiger partial charge in [0.1, 0.15) is 50.3 Å². The third-order valence-corrected chi connectivity index (χ3v) is 20.1. The monoisotopic (exact) mass is 874 g/mol. The zero-order valence-corrected chi connectivity index (χ0v) is 35.1. The van der Waals surface area contributed by atoms with Gasteiger partial charge in [0.15, 0.2) is 0 Å². The molecule has 4 aromatic carbocycles. The molecule has 0 aliphatic carbocycles. The van der Waals surface area contributed by atoms with Crippen LogP contribution in [0.4, 0.5) is 4.79 Å². The van der Waals surface area contributed by atoms with Crippen LogP contribution in [0.25, 0.3) is 0 Å². The van der Waals surface area contributed by atoms with Crippen LogP contribution >= 0.6 is 31.7 Å². The van der Waals surface area contributed by atoms with Crippen molar-refractivity contribution in [2.24, 2.45) is 0 Å². The summed E-state index contributed by atoms with van der Waals surface area (Å²) in [5, 5.41) is 23.1. The Kier molecular flexibility index (Phi) is 29.6. The predicted molar refractivity (Wildman–Crippen MR) is 224 cm³/mol. The summed E-state index contributed by atoms with van der Waals surface area (Å²) >= 11 is 0. The van der Waals surface area contributed by atoms with Crippen molar-refractivity contribution in [2.45, 2.75) is 0 Å². The van der Waals surface area contributed by atoms with Crippen molar-refractivity contribution in [1.29, 1.82) is 0 Å². The number of carbonyl (C=O) groups excluding carboxylic acids is 1. The average Bonchev–Trinajstić information content (AvgIpc) is 3.09. The summed E-state index contributed by atoms with van der Waals surface area (Å²) in [5.74, 6) is 0. The van der Waals surface area contributed by atoms with Crippen LogP contribution < -0.4 is 31.4 Å². The van der Waals surface area contributed by atoms with Gasteiger partial charge in [-0.2, -0.15) is 0 Å². The normalized spacial score (nSPS) is 25.2. The molecule has 0 aromatic heterocycles. The Morgan fingerprint density at radius 3 is 0.667 bits per heavy atom. The predicted octanol–water partition coefficient (Wildman–Crippen LogP) is -3.25. The molecule has 19 heteroatoms. The first-order chi connectivity index (χ1) is 22.5. The van der Waals surface area contributed by atoms with Crippen LogP contribution in [-0.2, 0) is 17.1 Å². The third kappa shape index (κ3) is 16.2. The first kappa shape index (κ1) is 56.3. The van der Waals surface area contributed by atoms with E-state index in [1.165, 1.54) is 63.6 Å². The molecule has 4 aromatic rings.